The maximum atomic E-state index is 12.2. The molecule has 1 aliphatic carbocycles. The molecule has 20 heavy (non-hydrogen) atoms. The fourth-order valence-corrected chi connectivity index (χ4v) is 2.79. The number of halogens is 2. The van der Waals surface area contributed by atoms with Crippen LogP contribution in [-0.2, 0) is 0 Å². The molecule has 1 fully saturated rings. The lowest BCUT2D eigenvalue weighted by Crippen LogP contribution is -2.57. The quantitative estimate of drug-likeness (QED) is 0.840. The molecule has 0 spiro atoms. The van der Waals surface area contributed by atoms with Crippen LogP contribution in [0, 0.1) is 0 Å². The van der Waals surface area contributed by atoms with Crippen LogP contribution < -0.4 is 11.1 Å². The highest BCUT2D eigenvalue weighted by atomic mass is 35.5. The van der Waals surface area contributed by atoms with Crippen LogP contribution in [0.3, 0.4) is 0 Å². The molecule has 110 valence electrons. The Balaban J connectivity index is 2.06. The van der Waals surface area contributed by atoms with Crippen LogP contribution in [0.5, 0.6) is 0 Å². The van der Waals surface area contributed by atoms with Crippen LogP contribution in [-0.4, -0.2) is 37.0 Å². The first kappa shape index (κ1) is 15.4. The molecular formula is C14H19Cl2N3O. The highest BCUT2D eigenvalue weighted by Gasteiger charge is 2.39. The van der Waals surface area contributed by atoms with Gasteiger partial charge in [-0.15, -0.1) is 0 Å². The first-order valence-electron chi connectivity index (χ1n) is 6.56. The minimum Gasteiger partial charge on any atom is -0.397 e. The van der Waals surface area contributed by atoms with E-state index < -0.39 is 0 Å². The molecule has 0 bridgehead atoms. The Labute approximate surface area is 129 Å². The number of nitrogen functional groups attached to an aromatic ring is 1. The topological polar surface area (TPSA) is 58.4 Å². The summed E-state index contributed by atoms with van der Waals surface area (Å²) in [6, 6.07) is 3.09. The SMILES string of the molecule is CN(C)C1(CNC(=O)c2cc(N)c(Cl)c(Cl)c2)CCC1. The first-order valence-corrected chi connectivity index (χ1v) is 7.31. The molecule has 1 saturated carbocycles. The normalized spacial score (nSPS) is 16.9. The van der Waals surface area contributed by atoms with Gasteiger partial charge in [0.05, 0.1) is 15.7 Å². The molecular weight excluding hydrogens is 297 g/mol. The lowest BCUT2D eigenvalue weighted by molar-refractivity contribution is 0.0557. The standard InChI is InChI=1S/C14H19Cl2N3O/c1-19(2)14(4-3-5-14)8-18-13(20)9-6-10(15)12(16)11(17)7-9/h6-7H,3-5,8,17H2,1-2H3,(H,18,20). The smallest absolute Gasteiger partial charge is 0.251 e. The molecule has 0 heterocycles. The molecule has 1 amide bonds. The van der Waals surface area contributed by atoms with Crippen molar-refractivity contribution in [3.05, 3.63) is 27.7 Å². The van der Waals surface area contributed by atoms with Crippen LogP contribution in [0.2, 0.25) is 10.0 Å². The zero-order valence-corrected chi connectivity index (χ0v) is 13.2. The van der Waals surface area contributed by atoms with Gasteiger partial charge in [-0.25, -0.2) is 0 Å². The zero-order valence-electron chi connectivity index (χ0n) is 11.7. The predicted molar refractivity (Wildman–Crippen MR) is 83.5 cm³/mol. The number of nitrogens with zero attached hydrogens (tertiary/aromatic N) is 1. The van der Waals surface area contributed by atoms with Gasteiger partial charge in [0.25, 0.3) is 5.91 Å². The van der Waals surface area contributed by atoms with Gasteiger partial charge in [0.15, 0.2) is 0 Å². The number of nitrogens with one attached hydrogen (secondary N) is 1. The molecule has 1 aliphatic rings. The Hall–Kier alpha value is -0.970. The lowest BCUT2D eigenvalue weighted by Gasteiger charge is -2.47. The molecule has 0 aromatic heterocycles. The van der Waals surface area contributed by atoms with Crippen molar-refractivity contribution >= 4 is 34.8 Å². The summed E-state index contributed by atoms with van der Waals surface area (Å²) in [4.78, 5) is 14.4. The Bertz CT molecular complexity index is 504. The number of likely N-dealkylation sites (N-methyl/N-ethyl adjacent to an activating group) is 1. The van der Waals surface area contributed by atoms with Gasteiger partial charge in [-0.05, 0) is 45.5 Å². The van der Waals surface area contributed by atoms with Crippen molar-refractivity contribution in [3.8, 4) is 0 Å². The van der Waals surface area contributed by atoms with E-state index in [1.807, 2.05) is 14.1 Å². The van der Waals surface area contributed by atoms with Crippen LogP contribution >= 0.6 is 23.2 Å². The van der Waals surface area contributed by atoms with Crippen molar-refractivity contribution in [1.29, 1.82) is 0 Å². The fraction of sp³-hybridized carbons (Fsp3) is 0.500. The highest BCUT2D eigenvalue weighted by molar-refractivity contribution is 6.43. The molecule has 1 aromatic carbocycles. The van der Waals surface area contributed by atoms with E-state index in [1.165, 1.54) is 6.42 Å². The van der Waals surface area contributed by atoms with Crippen molar-refractivity contribution < 1.29 is 4.79 Å². The van der Waals surface area contributed by atoms with Crippen molar-refractivity contribution in [2.45, 2.75) is 24.8 Å². The first-order chi connectivity index (χ1) is 9.35. The molecule has 1 aromatic rings. The third-order valence-electron chi connectivity index (χ3n) is 4.13. The van der Waals surface area contributed by atoms with Gasteiger partial charge >= 0.3 is 0 Å². The van der Waals surface area contributed by atoms with E-state index in [0.29, 0.717) is 22.8 Å². The Morgan fingerprint density at radius 2 is 2.05 bits per heavy atom. The zero-order chi connectivity index (χ0) is 14.9. The second-order valence-corrected chi connectivity index (χ2v) is 6.30. The highest BCUT2D eigenvalue weighted by Crippen LogP contribution is 2.35. The van der Waals surface area contributed by atoms with Crippen molar-refractivity contribution in [2.75, 3.05) is 26.4 Å². The molecule has 2 rings (SSSR count). The molecule has 3 N–H and O–H groups in total. The van der Waals surface area contributed by atoms with E-state index in [4.69, 9.17) is 28.9 Å². The number of hydrogen-bond donors (Lipinski definition) is 2. The van der Waals surface area contributed by atoms with E-state index in [0.717, 1.165) is 12.8 Å². The fourth-order valence-electron chi connectivity index (χ4n) is 2.46. The molecule has 0 atom stereocenters. The van der Waals surface area contributed by atoms with E-state index in [-0.39, 0.29) is 16.5 Å². The second-order valence-electron chi connectivity index (χ2n) is 5.52. The summed E-state index contributed by atoms with van der Waals surface area (Å²) < 4.78 is 0. The number of amides is 1. The van der Waals surface area contributed by atoms with Gasteiger partial charge < -0.3 is 16.0 Å². The maximum absolute atomic E-state index is 12.2. The van der Waals surface area contributed by atoms with E-state index >= 15 is 0 Å². The van der Waals surface area contributed by atoms with Gasteiger partial charge in [0, 0.05) is 17.6 Å². The predicted octanol–water partition coefficient (Wildman–Crippen LogP) is 2.79. The largest absolute Gasteiger partial charge is 0.397 e. The summed E-state index contributed by atoms with van der Waals surface area (Å²) in [6.07, 6.45) is 3.40. The van der Waals surface area contributed by atoms with E-state index in [9.17, 15) is 4.79 Å². The van der Waals surface area contributed by atoms with Gasteiger partial charge in [-0.2, -0.15) is 0 Å². The van der Waals surface area contributed by atoms with Crippen LogP contribution in [0.25, 0.3) is 0 Å². The van der Waals surface area contributed by atoms with E-state index in [2.05, 4.69) is 10.2 Å². The molecule has 0 aliphatic heterocycles. The van der Waals surface area contributed by atoms with Crippen molar-refractivity contribution in [3.63, 3.8) is 0 Å². The third-order valence-corrected chi connectivity index (χ3v) is 4.95. The number of carbonyl (C=O) groups excluding carboxylic acids is 1. The summed E-state index contributed by atoms with van der Waals surface area (Å²) in [5.74, 6) is -0.177. The van der Waals surface area contributed by atoms with Crippen molar-refractivity contribution in [1.82, 2.24) is 10.2 Å². The average Bonchev–Trinajstić information content (AvgIpc) is 2.33. The number of nitrogens with two attached hydrogens (primary N) is 1. The summed E-state index contributed by atoms with van der Waals surface area (Å²) in [6.45, 7) is 0.624. The number of anilines is 1. The molecule has 6 heteroatoms. The van der Waals surface area contributed by atoms with Gasteiger partial charge in [-0.1, -0.05) is 23.2 Å². The summed E-state index contributed by atoms with van der Waals surface area (Å²) in [7, 11) is 4.09. The van der Waals surface area contributed by atoms with Crippen LogP contribution in [0.4, 0.5) is 5.69 Å². The molecule has 0 unspecified atom stereocenters. The molecule has 0 radical (unpaired) electrons. The van der Waals surface area contributed by atoms with Gasteiger partial charge in [0.2, 0.25) is 0 Å². The minimum absolute atomic E-state index is 0.0808. The molecule has 0 saturated heterocycles. The Kier molecular flexibility index (Phi) is 4.47. The lowest BCUT2D eigenvalue weighted by atomic mass is 9.75. The Morgan fingerprint density at radius 3 is 2.50 bits per heavy atom. The number of carbonyl (C=O) groups is 1. The van der Waals surface area contributed by atoms with Crippen LogP contribution in [0.1, 0.15) is 29.6 Å². The summed E-state index contributed by atoms with van der Waals surface area (Å²) >= 11 is 11.8. The minimum atomic E-state index is -0.177. The van der Waals surface area contributed by atoms with Crippen LogP contribution in [0.15, 0.2) is 12.1 Å². The van der Waals surface area contributed by atoms with E-state index in [1.54, 1.807) is 12.1 Å². The third kappa shape index (κ3) is 2.87. The Morgan fingerprint density at radius 1 is 1.40 bits per heavy atom. The monoisotopic (exact) mass is 315 g/mol. The number of hydrogen-bond acceptors (Lipinski definition) is 3. The van der Waals surface area contributed by atoms with Gasteiger partial charge in [-0.3, -0.25) is 4.79 Å². The summed E-state index contributed by atoms with van der Waals surface area (Å²) in [5, 5.41) is 3.54. The average molecular weight is 316 g/mol. The second kappa shape index (κ2) is 5.80. The van der Waals surface area contributed by atoms with Gasteiger partial charge in [0.1, 0.15) is 0 Å². The maximum Gasteiger partial charge on any atom is 0.251 e. The number of rotatable bonds is 4. The molecule has 4 nitrogen and oxygen atoms in total. The number of benzene rings is 1. The van der Waals surface area contributed by atoms with Crippen molar-refractivity contribution in [2.24, 2.45) is 0 Å². The summed E-state index contributed by atoms with van der Waals surface area (Å²) in [5.41, 5.74) is 6.55.